The van der Waals surface area contributed by atoms with Gasteiger partial charge in [0.1, 0.15) is 0 Å². The van der Waals surface area contributed by atoms with Gasteiger partial charge >= 0.3 is 6.18 Å². The number of alkyl halides is 3. The molecule has 2 rings (SSSR count). The zero-order chi connectivity index (χ0) is 16.2. The van der Waals surface area contributed by atoms with Gasteiger partial charge < -0.3 is 5.32 Å². The number of anilines is 1. The summed E-state index contributed by atoms with van der Waals surface area (Å²) >= 11 is 0. The highest BCUT2D eigenvalue weighted by molar-refractivity contribution is 5.92. The predicted octanol–water partition coefficient (Wildman–Crippen LogP) is 5.25. The lowest BCUT2D eigenvalue weighted by Gasteiger charge is -2.24. The Kier molecular flexibility index (Phi) is 5.48. The van der Waals surface area contributed by atoms with E-state index in [1.807, 2.05) is 6.92 Å². The first kappa shape index (κ1) is 16.8. The first-order chi connectivity index (χ1) is 10.4. The highest BCUT2D eigenvalue weighted by Gasteiger charge is 2.30. The summed E-state index contributed by atoms with van der Waals surface area (Å²) in [6, 6.07) is 4.57. The van der Waals surface area contributed by atoms with E-state index in [9.17, 15) is 18.0 Å². The Morgan fingerprint density at radius 3 is 2.32 bits per heavy atom. The largest absolute Gasteiger partial charge is 0.416 e. The second kappa shape index (κ2) is 7.16. The number of hydrogen-bond donors (Lipinski definition) is 1. The third-order valence-electron chi connectivity index (χ3n) is 4.34. The van der Waals surface area contributed by atoms with Crippen LogP contribution in [0.15, 0.2) is 24.3 Å². The summed E-state index contributed by atoms with van der Waals surface area (Å²) < 4.78 is 37.5. The van der Waals surface area contributed by atoms with Crippen LogP contribution in [-0.4, -0.2) is 5.91 Å². The molecular formula is C17H22F3NO. The van der Waals surface area contributed by atoms with Gasteiger partial charge in [-0.3, -0.25) is 4.79 Å². The molecule has 1 N–H and O–H groups in total. The first-order valence-corrected chi connectivity index (χ1v) is 7.84. The molecule has 122 valence electrons. The maximum atomic E-state index is 12.5. The highest BCUT2D eigenvalue weighted by atomic mass is 19.4. The molecule has 0 aromatic heterocycles. The molecule has 0 saturated heterocycles. The lowest BCUT2D eigenvalue weighted by Crippen LogP contribution is -2.23. The minimum Gasteiger partial charge on any atom is -0.326 e. The molecule has 5 heteroatoms. The summed E-state index contributed by atoms with van der Waals surface area (Å²) in [4.78, 5) is 12.1. The Morgan fingerprint density at radius 1 is 1.18 bits per heavy atom. The summed E-state index contributed by atoms with van der Waals surface area (Å²) in [5.41, 5.74) is -0.297. The molecule has 1 aliphatic carbocycles. The molecule has 1 aliphatic rings. The number of benzene rings is 1. The standard InChI is InChI=1S/C17H22F3NO/c1-12(11-13-5-3-2-4-6-13)16(22)21-15-9-7-14(8-10-15)17(18,19)20/h7-10,12-13H,2-6,11H2,1H3,(H,21,22). The molecule has 1 unspecified atom stereocenters. The Bertz CT molecular complexity index is 490. The van der Waals surface area contributed by atoms with Crippen molar-refractivity contribution >= 4 is 11.6 Å². The summed E-state index contributed by atoms with van der Waals surface area (Å²) in [5, 5.41) is 2.70. The van der Waals surface area contributed by atoms with E-state index in [4.69, 9.17) is 0 Å². The predicted molar refractivity (Wildman–Crippen MR) is 80.4 cm³/mol. The molecule has 1 saturated carbocycles. The van der Waals surface area contributed by atoms with E-state index in [1.165, 1.54) is 44.2 Å². The molecule has 0 heterocycles. The number of carbonyl (C=O) groups is 1. The molecule has 1 atom stereocenters. The van der Waals surface area contributed by atoms with Crippen molar-refractivity contribution < 1.29 is 18.0 Å². The summed E-state index contributed by atoms with van der Waals surface area (Å²) in [6.45, 7) is 1.88. The van der Waals surface area contributed by atoms with Gasteiger partial charge in [-0.1, -0.05) is 39.0 Å². The number of rotatable bonds is 4. The van der Waals surface area contributed by atoms with Crippen molar-refractivity contribution in [2.24, 2.45) is 11.8 Å². The smallest absolute Gasteiger partial charge is 0.326 e. The van der Waals surface area contributed by atoms with Crippen LogP contribution < -0.4 is 5.32 Å². The monoisotopic (exact) mass is 313 g/mol. The fourth-order valence-corrected chi connectivity index (χ4v) is 3.04. The molecule has 1 aromatic rings. The fourth-order valence-electron chi connectivity index (χ4n) is 3.04. The lowest BCUT2D eigenvalue weighted by atomic mass is 9.83. The van der Waals surface area contributed by atoms with Crippen LogP contribution in [0.4, 0.5) is 18.9 Å². The second-order valence-electron chi connectivity index (χ2n) is 6.21. The molecule has 1 amide bonds. The van der Waals surface area contributed by atoms with Gasteiger partial charge in [0.25, 0.3) is 0 Å². The van der Waals surface area contributed by atoms with Crippen LogP contribution in [0.2, 0.25) is 0 Å². The van der Waals surface area contributed by atoms with Crippen LogP contribution in [0, 0.1) is 11.8 Å². The van der Waals surface area contributed by atoms with Crippen molar-refractivity contribution in [3.8, 4) is 0 Å². The average molecular weight is 313 g/mol. The van der Waals surface area contributed by atoms with Gasteiger partial charge in [0.15, 0.2) is 0 Å². The topological polar surface area (TPSA) is 29.1 Å². The van der Waals surface area contributed by atoms with Gasteiger partial charge in [-0.2, -0.15) is 13.2 Å². The number of halogens is 3. The molecule has 1 fully saturated rings. The highest BCUT2D eigenvalue weighted by Crippen LogP contribution is 2.31. The van der Waals surface area contributed by atoms with E-state index >= 15 is 0 Å². The van der Waals surface area contributed by atoms with Crippen LogP contribution >= 0.6 is 0 Å². The fraction of sp³-hybridized carbons (Fsp3) is 0.588. The Morgan fingerprint density at radius 2 is 1.77 bits per heavy atom. The third kappa shape index (κ3) is 4.75. The average Bonchev–Trinajstić information content (AvgIpc) is 2.48. The van der Waals surface area contributed by atoms with E-state index < -0.39 is 11.7 Å². The number of amides is 1. The lowest BCUT2D eigenvalue weighted by molar-refractivity contribution is -0.137. The molecule has 0 bridgehead atoms. The SMILES string of the molecule is CC(CC1CCCCC1)C(=O)Nc1ccc(C(F)(F)F)cc1. The van der Waals surface area contributed by atoms with Gasteiger partial charge in [0.05, 0.1) is 5.56 Å². The molecule has 0 aliphatic heterocycles. The number of hydrogen-bond acceptors (Lipinski definition) is 1. The minimum atomic E-state index is -4.35. The van der Waals surface area contributed by atoms with Gasteiger partial charge in [-0.25, -0.2) is 0 Å². The van der Waals surface area contributed by atoms with Crippen LogP contribution in [0.1, 0.15) is 51.0 Å². The Labute approximate surface area is 129 Å². The van der Waals surface area contributed by atoms with Gasteiger partial charge in [0, 0.05) is 11.6 Å². The quantitative estimate of drug-likeness (QED) is 0.808. The maximum Gasteiger partial charge on any atom is 0.416 e. The van der Waals surface area contributed by atoms with Gasteiger partial charge in [0.2, 0.25) is 5.91 Å². The van der Waals surface area contributed by atoms with E-state index in [1.54, 1.807) is 0 Å². The minimum absolute atomic E-state index is 0.120. The number of nitrogens with one attached hydrogen (secondary N) is 1. The third-order valence-corrected chi connectivity index (χ3v) is 4.34. The Balaban J connectivity index is 1.87. The molecule has 22 heavy (non-hydrogen) atoms. The summed E-state index contributed by atoms with van der Waals surface area (Å²) in [5.74, 6) is 0.359. The second-order valence-corrected chi connectivity index (χ2v) is 6.21. The normalized spacial score (nSPS) is 18.0. The van der Waals surface area contributed by atoms with Crippen LogP contribution in [0.3, 0.4) is 0 Å². The number of carbonyl (C=O) groups excluding carboxylic acids is 1. The van der Waals surface area contributed by atoms with Crippen molar-refractivity contribution in [2.45, 2.75) is 51.6 Å². The van der Waals surface area contributed by atoms with Crippen LogP contribution in [0.25, 0.3) is 0 Å². The van der Waals surface area contributed by atoms with E-state index in [-0.39, 0.29) is 11.8 Å². The zero-order valence-corrected chi connectivity index (χ0v) is 12.7. The van der Waals surface area contributed by atoms with E-state index in [0.717, 1.165) is 18.6 Å². The van der Waals surface area contributed by atoms with Crippen molar-refractivity contribution in [1.29, 1.82) is 0 Å². The van der Waals surface area contributed by atoms with Crippen molar-refractivity contribution in [1.82, 2.24) is 0 Å². The van der Waals surface area contributed by atoms with Crippen molar-refractivity contribution in [3.63, 3.8) is 0 Å². The molecule has 0 radical (unpaired) electrons. The Hall–Kier alpha value is -1.52. The molecule has 1 aromatic carbocycles. The zero-order valence-electron chi connectivity index (χ0n) is 12.7. The van der Waals surface area contributed by atoms with Crippen molar-refractivity contribution in [2.75, 3.05) is 5.32 Å². The van der Waals surface area contributed by atoms with E-state index in [2.05, 4.69) is 5.32 Å². The maximum absolute atomic E-state index is 12.5. The van der Waals surface area contributed by atoms with Crippen LogP contribution in [-0.2, 0) is 11.0 Å². The van der Waals surface area contributed by atoms with Crippen LogP contribution in [0.5, 0.6) is 0 Å². The first-order valence-electron chi connectivity index (χ1n) is 7.84. The molecule has 0 spiro atoms. The molecule has 2 nitrogen and oxygen atoms in total. The summed E-state index contributed by atoms with van der Waals surface area (Å²) in [7, 11) is 0. The molecular weight excluding hydrogens is 291 g/mol. The summed E-state index contributed by atoms with van der Waals surface area (Å²) in [6.07, 6.45) is 2.61. The van der Waals surface area contributed by atoms with Crippen molar-refractivity contribution in [3.05, 3.63) is 29.8 Å². The van der Waals surface area contributed by atoms with E-state index in [0.29, 0.717) is 11.6 Å². The van der Waals surface area contributed by atoms with Gasteiger partial charge in [-0.15, -0.1) is 0 Å². The van der Waals surface area contributed by atoms with Gasteiger partial charge in [-0.05, 0) is 36.6 Å².